The molecule has 0 saturated carbocycles. The van der Waals surface area contributed by atoms with Crippen LogP contribution in [0.5, 0.6) is 0 Å². The molecule has 0 radical (unpaired) electrons. The van der Waals surface area contributed by atoms with E-state index >= 15 is 0 Å². The fraction of sp³-hybridized carbons (Fsp3) is 0. The van der Waals surface area contributed by atoms with Crippen molar-refractivity contribution in [1.82, 2.24) is 0 Å². The van der Waals surface area contributed by atoms with Crippen molar-refractivity contribution < 1.29 is 29.7 Å². The smallest absolute Gasteiger partial charge is 0.337 e. The van der Waals surface area contributed by atoms with Crippen molar-refractivity contribution in [3.63, 3.8) is 0 Å². The van der Waals surface area contributed by atoms with Gasteiger partial charge in [-0.2, -0.15) is 0 Å². The summed E-state index contributed by atoms with van der Waals surface area (Å²) in [5.41, 5.74) is -0.881. The number of benzene rings is 2. The summed E-state index contributed by atoms with van der Waals surface area (Å²) in [5.74, 6) is -4.00. The molecule has 0 aliphatic carbocycles. The lowest BCUT2D eigenvalue weighted by Gasteiger charge is -2.07. The number of carboxylic acids is 3. The second kappa shape index (κ2) is 4.41. The van der Waals surface area contributed by atoms with Gasteiger partial charge in [0.05, 0.1) is 16.7 Å². The quantitative estimate of drug-likeness (QED) is 0.777. The zero-order valence-electron chi connectivity index (χ0n) is 9.45. The minimum absolute atomic E-state index is 0.0901. The third kappa shape index (κ3) is 2.11. The molecule has 0 unspecified atom stereocenters. The molecule has 0 aliphatic rings. The molecule has 2 rings (SSSR count). The first-order valence-corrected chi connectivity index (χ1v) is 5.18. The number of fused-ring (bicyclic) bond motifs is 1. The molecule has 0 aromatic heterocycles. The highest BCUT2D eigenvalue weighted by molar-refractivity contribution is 6.12. The molecule has 0 aliphatic heterocycles. The summed E-state index contributed by atoms with van der Waals surface area (Å²) in [7, 11) is 0. The fourth-order valence-electron chi connectivity index (χ4n) is 1.86. The van der Waals surface area contributed by atoms with Crippen molar-refractivity contribution in [2.75, 3.05) is 0 Å². The lowest BCUT2D eigenvalue weighted by atomic mass is 9.97. The summed E-state index contributed by atoms with van der Waals surface area (Å²) in [6.45, 7) is 0. The number of rotatable bonds is 3. The molecule has 3 N–H and O–H groups in total. The van der Waals surface area contributed by atoms with Crippen LogP contribution in [0.1, 0.15) is 31.1 Å². The predicted molar refractivity (Wildman–Crippen MR) is 64.8 cm³/mol. The molecule has 19 heavy (non-hydrogen) atoms. The van der Waals surface area contributed by atoms with Gasteiger partial charge in [-0.1, -0.05) is 12.1 Å². The molecule has 96 valence electrons. The first kappa shape index (κ1) is 12.6. The van der Waals surface area contributed by atoms with E-state index in [-0.39, 0.29) is 16.5 Å². The largest absolute Gasteiger partial charge is 0.478 e. The highest BCUT2D eigenvalue weighted by Gasteiger charge is 2.20. The van der Waals surface area contributed by atoms with Crippen molar-refractivity contribution >= 4 is 28.7 Å². The van der Waals surface area contributed by atoms with E-state index in [9.17, 15) is 14.4 Å². The van der Waals surface area contributed by atoms with Crippen LogP contribution in [0.2, 0.25) is 0 Å². The van der Waals surface area contributed by atoms with Gasteiger partial charge in [-0.15, -0.1) is 0 Å². The Morgan fingerprint density at radius 1 is 0.789 bits per heavy atom. The molecule has 0 spiro atoms. The van der Waals surface area contributed by atoms with E-state index in [0.717, 1.165) is 6.07 Å². The van der Waals surface area contributed by atoms with Crippen molar-refractivity contribution in [2.45, 2.75) is 0 Å². The average molecular weight is 260 g/mol. The topological polar surface area (TPSA) is 112 Å². The van der Waals surface area contributed by atoms with Crippen LogP contribution in [0.25, 0.3) is 10.8 Å². The van der Waals surface area contributed by atoms with Crippen LogP contribution in [0, 0.1) is 0 Å². The average Bonchev–Trinajstić information content (AvgIpc) is 2.35. The third-order valence-corrected chi connectivity index (χ3v) is 2.71. The Morgan fingerprint density at radius 3 is 1.95 bits per heavy atom. The van der Waals surface area contributed by atoms with Crippen molar-refractivity contribution in [2.24, 2.45) is 0 Å². The van der Waals surface area contributed by atoms with E-state index in [0.29, 0.717) is 5.39 Å². The molecule has 2 aromatic carbocycles. The molecule has 0 atom stereocenters. The minimum atomic E-state index is -1.41. The second-order valence-electron chi connectivity index (χ2n) is 3.84. The molecular formula is C13H8O6. The minimum Gasteiger partial charge on any atom is -0.478 e. The Balaban J connectivity index is 2.89. The van der Waals surface area contributed by atoms with Crippen LogP contribution in [-0.2, 0) is 0 Å². The van der Waals surface area contributed by atoms with E-state index in [2.05, 4.69) is 0 Å². The normalized spacial score (nSPS) is 10.3. The molecule has 6 nitrogen and oxygen atoms in total. The Labute approximate surface area is 106 Å². The van der Waals surface area contributed by atoms with E-state index in [4.69, 9.17) is 15.3 Å². The maximum absolute atomic E-state index is 11.2. The highest BCUT2D eigenvalue weighted by atomic mass is 16.4. The summed E-state index contributed by atoms with van der Waals surface area (Å²) in [5, 5.41) is 27.5. The number of carboxylic acid groups (broad SMARTS) is 3. The van der Waals surface area contributed by atoms with Gasteiger partial charge in [0, 0.05) is 0 Å². The SMILES string of the molecule is O=C(O)c1ccc2ccc(C(=O)O)c(C(=O)O)c2c1. The van der Waals surface area contributed by atoms with Crippen LogP contribution in [0.3, 0.4) is 0 Å². The highest BCUT2D eigenvalue weighted by Crippen LogP contribution is 2.24. The summed E-state index contributed by atoms with van der Waals surface area (Å²) in [6.07, 6.45) is 0. The summed E-state index contributed by atoms with van der Waals surface area (Å²) in [6, 6.07) is 6.56. The summed E-state index contributed by atoms with van der Waals surface area (Å²) in [4.78, 5) is 33.1. The van der Waals surface area contributed by atoms with Crippen LogP contribution >= 0.6 is 0 Å². The van der Waals surface area contributed by atoms with Crippen LogP contribution in [0.4, 0.5) is 0 Å². The molecule has 2 aromatic rings. The van der Waals surface area contributed by atoms with Gasteiger partial charge in [-0.25, -0.2) is 14.4 Å². The zero-order chi connectivity index (χ0) is 14.2. The first-order valence-electron chi connectivity index (χ1n) is 5.18. The van der Waals surface area contributed by atoms with E-state index in [1.165, 1.54) is 24.3 Å². The first-order chi connectivity index (χ1) is 8.91. The van der Waals surface area contributed by atoms with Crippen molar-refractivity contribution in [3.05, 3.63) is 47.0 Å². The fourth-order valence-corrected chi connectivity index (χ4v) is 1.86. The number of aromatic carboxylic acids is 3. The van der Waals surface area contributed by atoms with Crippen LogP contribution < -0.4 is 0 Å². The Hall–Kier alpha value is -2.89. The molecule has 0 saturated heterocycles. The van der Waals surface area contributed by atoms with Crippen molar-refractivity contribution in [1.29, 1.82) is 0 Å². The van der Waals surface area contributed by atoms with E-state index in [1.54, 1.807) is 0 Å². The third-order valence-electron chi connectivity index (χ3n) is 2.71. The lowest BCUT2D eigenvalue weighted by molar-refractivity contribution is 0.0653. The molecule has 0 bridgehead atoms. The van der Waals surface area contributed by atoms with Gasteiger partial charge in [-0.3, -0.25) is 0 Å². The Bertz CT molecular complexity index is 711. The summed E-state index contributed by atoms with van der Waals surface area (Å²) < 4.78 is 0. The van der Waals surface area contributed by atoms with Gasteiger partial charge >= 0.3 is 17.9 Å². The van der Waals surface area contributed by atoms with Gasteiger partial charge in [0.25, 0.3) is 0 Å². The maximum Gasteiger partial charge on any atom is 0.337 e. The standard InChI is InChI=1S/C13H8O6/c14-11(15)7-2-1-6-3-4-8(12(16)17)10(13(18)19)9(6)5-7/h1-5H,(H,14,15)(H,16,17)(H,18,19). The number of hydrogen-bond acceptors (Lipinski definition) is 3. The maximum atomic E-state index is 11.2. The Kier molecular flexibility index (Phi) is 2.92. The molecule has 0 amide bonds. The monoisotopic (exact) mass is 260 g/mol. The second-order valence-corrected chi connectivity index (χ2v) is 3.84. The van der Waals surface area contributed by atoms with E-state index < -0.39 is 23.5 Å². The molecule has 0 fully saturated rings. The van der Waals surface area contributed by atoms with Crippen molar-refractivity contribution in [3.8, 4) is 0 Å². The number of hydrogen-bond donors (Lipinski definition) is 3. The predicted octanol–water partition coefficient (Wildman–Crippen LogP) is 1.93. The van der Waals surface area contributed by atoms with Gasteiger partial charge in [-0.05, 0) is 29.0 Å². The van der Waals surface area contributed by atoms with Gasteiger partial charge in [0.2, 0.25) is 0 Å². The summed E-state index contributed by atoms with van der Waals surface area (Å²) >= 11 is 0. The molecule has 6 heteroatoms. The van der Waals surface area contributed by atoms with Gasteiger partial charge < -0.3 is 15.3 Å². The van der Waals surface area contributed by atoms with Gasteiger partial charge in [0.15, 0.2) is 0 Å². The van der Waals surface area contributed by atoms with E-state index in [1.807, 2.05) is 0 Å². The lowest BCUT2D eigenvalue weighted by Crippen LogP contribution is -2.09. The van der Waals surface area contributed by atoms with Crippen LogP contribution in [-0.4, -0.2) is 33.2 Å². The zero-order valence-corrected chi connectivity index (χ0v) is 9.45. The van der Waals surface area contributed by atoms with Gasteiger partial charge in [0.1, 0.15) is 0 Å². The molecule has 0 heterocycles. The number of carbonyl (C=O) groups is 3. The van der Waals surface area contributed by atoms with Crippen LogP contribution in [0.15, 0.2) is 30.3 Å². The molecular weight excluding hydrogens is 252 g/mol. The Morgan fingerprint density at radius 2 is 1.42 bits per heavy atom.